The first kappa shape index (κ1) is 14.3. The van der Waals surface area contributed by atoms with Crippen molar-refractivity contribution < 1.29 is 0 Å². The lowest BCUT2D eigenvalue weighted by Gasteiger charge is -2.21. The fourth-order valence-corrected chi connectivity index (χ4v) is 2.45. The first-order valence-electron chi connectivity index (χ1n) is 6.40. The Balaban J connectivity index is 0.00000144. The zero-order valence-electron chi connectivity index (χ0n) is 10.3. The summed E-state index contributed by atoms with van der Waals surface area (Å²) in [6.07, 6.45) is 7.11. The van der Waals surface area contributed by atoms with Gasteiger partial charge in [-0.3, -0.25) is 0 Å². The number of nitrogen functional groups attached to an aromatic ring is 1. The van der Waals surface area contributed by atoms with Crippen LogP contribution in [0.3, 0.4) is 0 Å². The van der Waals surface area contributed by atoms with E-state index >= 15 is 0 Å². The van der Waals surface area contributed by atoms with Crippen LogP contribution in [0.4, 0.5) is 5.69 Å². The molecule has 96 valence electrons. The van der Waals surface area contributed by atoms with Crippen molar-refractivity contribution in [3.8, 4) is 0 Å². The van der Waals surface area contributed by atoms with Crippen molar-refractivity contribution in [2.24, 2.45) is 5.92 Å². The molecule has 1 aromatic carbocycles. The summed E-state index contributed by atoms with van der Waals surface area (Å²) in [5.74, 6) is 0.905. The number of hydrogen-bond acceptors (Lipinski definition) is 2. The van der Waals surface area contributed by atoms with Gasteiger partial charge in [0.25, 0.3) is 0 Å². The van der Waals surface area contributed by atoms with Crippen molar-refractivity contribution >= 4 is 18.1 Å². The third kappa shape index (κ3) is 4.97. The fraction of sp³-hybridized carbons (Fsp3) is 0.571. The Hall–Kier alpha value is -0.730. The Kier molecular flexibility index (Phi) is 6.38. The molecule has 0 radical (unpaired) electrons. The molecule has 17 heavy (non-hydrogen) atoms. The fourth-order valence-electron chi connectivity index (χ4n) is 2.45. The van der Waals surface area contributed by atoms with E-state index in [1.54, 1.807) is 0 Å². The second-order valence-electron chi connectivity index (χ2n) is 4.88. The number of rotatable bonds is 4. The summed E-state index contributed by atoms with van der Waals surface area (Å²) in [4.78, 5) is 0. The SMILES string of the molecule is Cl.Nc1ccc(CNCC2CCCCC2)cc1. The second kappa shape index (κ2) is 7.57. The lowest BCUT2D eigenvalue weighted by Crippen LogP contribution is -2.24. The van der Waals surface area contributed by atoms with E-state index in [-0.39, 0.29) is 12.4 Å². The Morgan fingerprint density at radius 3 is 2.35 bits per heavy atom. The molecule has 1 aromatic rings. The van der Waals surface area contributed by atoms with Crippen molar-refractivity contribution in [2.45, 2.75) is 38.6 Å². The van der Waals surface area contributed by atoms with Crippen LogP contribution in [0, 0.1) is 5.92 Å². The summed E-state index contributed by atoms with van der Waals surface area (Å²) in [5, 5.41) is 3.55. The Morgan fingerprint density at radius 2 is 1.71 bits per heavy atom. The van der Waals surface area contributed by atoms with Crippen LogP contribution in [-0.2, 0) is 6.54 Å². The van der Waals surface area contributed by atoms with Gasteiger partial charge in [0.05, 0.1) is 0 Å². The number of halogens is 1. The number of anilines is 1. The molecule has 0 spiro atoms. The molecule has 2 rings (SSSR count). The number of nitrogens with one attached hydrogen (secondary N) is 1. The predicted molar refractivity (Wildman–Crippen MR) is 76.4 cm³/mol. The Morgan fingerprint density at radius 1 is 1.06 bits per heavy atom. The van der Waals surface area contributed by atoms with Crippen LogP contribution in [-0.4, -0.2) is 6.54 Å². The monoisotopic (exact) mass is 254 g/mol. The molecule has 0 bridgehead atoms. The summed E-state index contributed by atoms with van der Waals surface area (Å²) in [7, 11) is 0. The van der Waals surface area contributed by atoms with Crippen molar-refractivity contribution in [1.82, 2.24) is 5.32 Å². The van der Waals surface area contributed by atoms with Gasteiger partial charge in [-0.05, 0) is 43.0 Å². The second-order valence-corrected chi connectivity index (χ2v) is 4.88. The molecule has 0 heterocycles. The maximum Gasteiger partial charge on any atom is 0.0314 e. The van der Waals surface area contributed by atoms with Gasteiger partial charge in [0, 0.05) is 12.2 Å². The molecule has 1 fully saturated rings. The average Bonchev–Trinajstić information content (AvgIpc) is 2.33. The van der Waals surface area contributed by atoms with Gasteiger partial charge in [-0.1, -0.05) is 31.4 Å². The summed E-state index contributed by atoms with van der Waals surface area (Å²) >= 11 is 0. The number of hydrogen-bond donors (Lipinski definition) is 2. The lowest BCUT2D eigenvalue weighted by molar-refractivity contribution is 0.342. The van der Waals surface area contributed by atoms with Gasteiger partial charge in [-0.2, -0.15) is 0 Å². The normalized spacial score (nSPS) is 16.5. The summed E-state index contributed by atoms with van der Waals surface area (Å²) in [5.41, 5.74) is 7.82. The first-order valence-corrected chi connectivity index (χ1v) is 6.40. The predicted octanol–water partition coefficient (Wildman–Crippen LogP) is 3.36. The molecule has 1 saturated carbocycles. The lowest BCUT2D eigenvalue weighted by atomic mass is 9.89. The molecule has 0 amide bonds. The van der Waals surface area contributed by atoms with E-state index in [0.717, 1.165) is 18.2 Å². The maximum absolute atomic E-state index is 5.65. The van der Waals surface area contributed by atoms with Crippen LogP contribution < -0.4 is 11.1 Å². The van der Waals surface area contributed by atoms with E-state index in [2.05, 4.69) is 17.4 Å². The van der Waals surface area contributed by atoms with Crippen LogP contribution in [0.2, 0.25) is 0 Å². The molecule has 1 aliphatic carbocycles. The van der Waals surface area contributed by atoms with E-state index in [9.17, 15) is 0 Å². The van der Waals surface area contributed by atoms with E-state index in [1.807, 2.05) is 12.1 Å². The number of benzene rings is 1. The van der Waals surface area contributed by atoms with Crippen LogP contribution >= 0.6 is 12.4 Å². The molecule has 3 N–H and O–H groups in total. The zero-order valence-corrected chi connectivity index (χ0v) is 11.1. The molecular weight excluding hydrogens is 232 g/mol. The van der Waals surface area contributed by atoms with Crippen LogP contribution in [0.1, 0.15) is 37.7 Å². The van der Waals surface area contributed by atoms with Crippen molar-refractivity contribution in [3.05, 3.63) is 29.8 Å². The van der Waals surface area contributed by atoms with Gasteiger partial charge >= 0.3 is 0 Å². The van der Waals surface area contributed by atoms with Crippen molar-refractivity contribution in [2.75, 3.05) is 12.3 Å². The highest BCUT2D eigenvalue weighted by Crippen LogP contribution is 2.22. The van der Waals surface area contributed by atoms with E-state index in [4.69, 9.17) is 5.73 Å². The van der Waals surface area contributed by atoms with Gasteiger partial charge in [0.15, 0.2) is 0 Å². The molecule has 3 heteroatoms. The highest BCUT2D eigenvalue weighted by atomic mass is 35.5. The summed E-state index contributed by atoms with van der Waals surface area (Å²) in [6, 6.07) is 8.14. The van der Waals surface area contributed by atoms with Gasteiger partial charge in [-0.15, -0.1) is 12.4 Å². The van der Waals surface area contributed by atoms with Crippen LogP contribution in [0.5, 0.6) is 0 Å². The Bertz CT molecular complexity index is 305. The van der Waals surface area contributed by atoms with E-state index in [0.29, 0.717) is 0 Å². The molecule has 0 atom stereocenters. The van der Waals surface area contributed by atoms with E-state index in [1.165, 1.54) is 44.2 Å². The van der Waals surface area contributed by atoms with E-state index < -0.39 is 0 Å². The third-order valence-corrected chi connectivity index (χ3v) is 3.47. The third-order valence-electron chi connectivity index (χ3n) is 3.47. The van der Waals surface area contributed by atoms with Crippen LogP contribution in [0.25, 0.3) is 0 Å². The molecule has 2 nitrogen and oxygen atoms in total. The largest absolute Gasteiger partial charge is 0.399 e. The number of nitrogens with two attached hydrogens (primary N) is 1. The van der Waals surface area contributed by atoms with Crippen LogP contribution in [0.15, 0.2) is 24.3 Å². The molecule has 0 aromatic heterocycles. The molecule has 1 aliphatic rings. The zero-order chi connectivity index (χ0) is 11.2. The minimum Gasteiger partial charge on any atom is -0.399 e. The smallest absolute Gasteiger partial charge is 0.0314 e. The van der Waals surface area contributed by atoms with Gasteiger partial charge in [0.2, 0.25) is 0 Å². The van der Waals surface area contributed by atoms with Gasteiger partial charge in [-0.25, -0.2) is 0 Å². The molecular formula is C14H23ClN2. The van der Waals surface area contributed by atoms with Gasteiger partial charge in [0.1, 0.15) is 0 Å². The Labute approximate surface area is 110 Å². The van der Waals surface area contributed by atoms with Crippen molar-refractivity contribution in [1.29, 1.82) is 0 Å². The topological polar surface area (TPSA) is 38.0 Å². The van der Waals surface area contributed by atoms with Crippen molar-refractivity contribution in [3.63, 3.8) is 0 Å². The summed E-state index contributed by atoms with van der Waals surface area (Å²) < 4.78 is 0. The highest BCUT2D eigenvalue weighted by molar-refractivity contribution is 5.85. The maximum atomic E-state index is 5.65. The summed E-state index contributed by atoms with van der Waals surface area (Å²) in [6.45, 7) is 2.14. The quantitative estimate of drug-likeness (QED) is 0.809. The minimum atomic E-state index is 0. The standard InChI is InChI=1S/C14H22N2.ClH/c15-14-8-6-13(7-9-14)11-16-10-12-4-2-1-3-5-12;/h6-9,12,16H,1-5,10-11,15H2;1H. The van der Waals surface area contributed by atoms with Gasteiger partial charge < -0.3 is 11.1 Å². The molecule has 0 unspecified atom stereocenters. The molecule has 0 saturated heterocycles. The average molecular weight is 255 g/mol. The highest BCUT2D eigenvalue weighted by Gasteiger charge is 2.12. The minimum absolute atomic E-state index is 0. The molecule has 0 aliphatic heterocycles. The first-order chi connectivity index (χ1) is 7.84.